The molecule has 2 fully saturated rings. The van der Waals surface area contributed by atoms with Crippen LogP contribution >= 0.6 is 0 Å². The highest BCUT2D eigenvalue weighted by molar-refractivity contribution is 6.09. The van der Waals surface area contributed by atoms with Crippen LogP contribution in [0.15, 0.2) is 101 Å². The van der Waals surface area contributed by atoms with Gasteiger partial charge in [0.25, 0.3) is 5.56 Å². The summed E-state index contributed by atoms with van der Waals surface area (Å²) in [5, 5.41) is 67.8. The van der Waals surface area contributed by atoms with Gasteiger partial charge in [-0.2, -0.15) is 0 Å². The maximum atomic E-state index is 13.3. The molecule has 3 heterocycles. The molecule has 2 aliphatic rings. The first kappa shape index (κ1) is 47.1. The van der Waals surface area contributed by atoms with Gasteiger partial charge in [-0.15, -0.1) is 0 Å². The molecule has 57 heavy (non-hydrogen) atoms. The summed E-state index contributed by atoms with van der Waals surface area (Å²) < 4.78 is 17.8. The summed E-state index contributed by atoms with van der Waals surface area (Å²) in [5.74, 6) is -5.55. The Morgan fingerprint density at radius 3 is 2.32 bits per heavy atom. The Balaban J connectivity index is 1.60. The number of Topliss-reactive ketones (excluding diaryl/α,β-unsaturated/α-hetero) is 1. The summed E-state index contributed by atoms with van der Waals surface area (Å²) in [7, 11) is 1.52. The number of aromatic hydroxyl groups is 1. The van der Waals surface area contributed by atoms with Crippen molar-refractivity contribution in [2.45, 2.75) is 110 Å². The third-order valence-corrected chi connectivity index (χ3v) is 10.7. The van der Waals surface area contributed by atoms with Gasteiger partial charge in [0, 0.05) is 31.2 Å². The third-order valence-electron chi connectivity index (χ3n) is 10.7. The minimum atomic E-state index is -2.34. The molecule has 2 aliphatic heterocycles. The van der Waals surface area contributed by atoms with Crippen LogP contribution < -0.4 is 10.9 Å². The lowest BCUT2D eigenvalue weighted by atomic mass is 9.71. The van der Waals surface area contributed by atoms with E-state index in [4.69, 9.17) is 14.2 Å². The van der Waals surface area contributed by atoms with Crippen LogP contribution in [-0.4, -0.2) is 116 Å². The number of H-pyrrole nitrogens is 1. The summed E-state index contributed by atoms with van der Waals surface area (Å²) in [4.78, 5) is 40.2. The van der Waals surface area contributed by atoms with Crippen molar-refractivity contribution in [3.63, 3.8) is 0 Å². The van der Waals surface area contributed by atoms with E-state index in [0.29, 0.717) is 0 Å². The number of aliphatic hydroxyl groups excluding tert-OH is 4. The monoisotopic (exact) mass is 796 g/mol. The normalized spacial score (nSPS) is 30.2. The first-order chi connectivity index (χ1) is 26.9. The predicted molar refractivity (Wildman–Crippen MR) is 215 cm³/mol. The zero-order valence-electron chi connectivity index (χ0n) is 33.9. The number of ether oxygens (including phenoxy) is 3. The number of hydrogen-bond donors (Lipinski definition) is 8. The number of carbonyl (C=O) groups excluding carboxylic acids is 2. The van der Waals surface area contributed by atoms with Crippen molar-refractivity contribution in [2.24, 2.45) is 17.3 Å². The Labute approximate surface area is 334 Å². The van der Waals surface area contributed by atoms with Crippen molar-refractivity contribution in [2.75, 3.05) is 13.7 Å². The maximum Gasteiger partial charge on any atom is 0.262 e. The summed E-state index contributed by atoms with van der Waals surface area (Å²) in [6.45, 7) is 12.2. The van der Waals surface area contributed by atoms with Gasteiger partial charge in [-0.25, -0.2) is 0 Å². The smallest absolute Gasteiger partial charge is 0.262 e. The number of ketones is 1. The molecule has 1 aromatic heterocycles. The summed E-state index contributed by atoms with van der Waals surface area (Å²) in [6.07, 6.45) is 12.8. The second-order valence-corrected chi connectivity index (χ2v) is 15.0. The number of aromatic amines is 1. The van der Waals surface area contributed by atoms with Crippen molar-refractivity contribution in [1.29, 1.82) is 0 Å². The standard InChI is InChI=1S/C43H60N2O12/c1-9-11-13-21-31-42(6,7)38(50)39(51)43(54,57-31)28(10-2)40(52)44-23-17-16-19-26(4)36(55-8)27(5)37-35(49)34(48)30(56-37)20-15-12-14-18-25(3)33(47)32-29(46)22-24-45-41(32)53/h9,11-22,24,27-28,30-31,34-39,48-51,54H,10,23H2,1-8H3,(H,44,52)(H2,45,46,53)/b11-9+,14-12+,17-16+,20-15+,21-13+,25-18+,26-19+/t27-,28-,30+,31+,34+,35+,36-,37+,38+,39-,43-/m1/s1. The fraction of sp³-hybridized carbons (Fsp3) is 0.512. The molecule has 14 heteroatoms. The van der Waals surface area contributed by atoms with Gasteiger partial charge in [0.2, 0.25) is 11.7 Å². The SMILES string of the molecule is C/C=C/C=C/[C@@H]1O[C@](O)([C@H](CC)C(=O)NC/C=C/C=C(\C)[C@@H](OC)[C@@H](C)[C@@H]2O[C@@H](/C=C/C=C/C=C(\C)C(=O)c3c(O)cc[nH]c3=O)[C@H](O)[C@@H]2O)[C@H](O)[C@H](O)C1(C)C. The molecule has 1 aromatic rings. The molecular formula is C43H60N2O12. The minimum Gasteiger partial charge on any atom is -0.507 e. The van der Waals surface area contributed by atoms with Crippen LogP contribution in [0.1, 0.15) is 65.2 Å². The van der Waals surface area contributed by atoms with Gasteiger partial charge in [0.15, 0.2) is 5.78 Å². The van der Waals surface area contributed by atoms with Gasteiger partial charge in [-0.1, -0.05) is 101 Å². The summed E-state index contributed by atoms with van der Waals surface area (Å²) in [5.41, 5.74) is -1.02. The molecular weight excluding hydrogens is 736 g/mol. The molecule has 1 amide bonds. The Bertz CT molecular complexity index is 1810. The van der Waals surface area contributed by atoms with E-state index in [-0.39, 0.29) is 24.1 Å². The van der Waals surface area contributed by atoms with Crippen LogP contribution in [0, 0.1) is 17.3 Å². The fourth-order valence-electron chi connectivity index (χ4n) is 7.12. The van der Waals surface area contributed by atoms with Crippen LogP contribution in [-0.2, 0) is 19.0 Å². The van der Waals surface area contributed by atoms with E-state index in [0.717, 1.165) is 5.57 Å². The van der Waals surface area contributed by atoms with Crippen LogP contribution in [0.25, 0.3) is 0 Å². The van der Waals surface area contributed by atoms with Gasteiger partial charge in [0.1, 0.15) is 35.7 Å². The van der Waals surface area contributed by atoms with Crippen LogP contribution in [0.2, 0.25) is 0 Å². The molecule has 0 unspecified atom stereocenters. The average molecular weight is 797 g/mol. The number of amides is 1. The summed E-state index contributed by atoms with van der Waals surface area (Å²) in [6, 6.07) is 1.22. The number of hydrogen-bond acceptors (Lipinski definition) is 12. The van der Waals surface area contributed by atoms with Gasteiger partial charge < -0.3 is 55.2 Å². The second kappa shape index (κ2) is 21.0. The molecule has 8 N–H and O–H groups in total. The van der Waals surface area contributed by atoms with Crippen molar-refractivity contribution in [1.82, 2.24) is 10.3 Å². The van der Waals surface area contributed by atoms with Crippen LogP contribution in [0.4, 0.5) is 0 Å². The van der Waals surface area contributed by atoms with Crippen LogP contribution in [0.5, 0.6) is 5.75 Å². The number of pyridine rings is 1. The predicted octanol–water partition coefficient (Wildman–Crippen LogP) is 3.07. The summed E-state index contributed by atoms with van der Waals surface area (Å²) >= 11 is 0. The van der Waals surface area contributed by atoms with E-state index in [9.17, 15) is 45.0 Å². The molecule has 0 radical (unpaired) electrons. The van der Waals surface area contributed by atoms with Crippen molar-refractivity contribution < 1.29 is 54.4 Å². The Hall–Kier alpha value is -4.25. The van der Waals surface area contributed by atoms with Gasteiger partial charge in [-0.05, 0) is 44.4 Å². The lowest BCUT2D eigenvalue weighted by Gasteiger charge is -2.53. The number of rotatable bonds is 17. The highest BCUT2D eigenvalue weighted by atomic mass is 16.7. The van der Waals surface area contributed by atoms with Gasteiger partial charge in [0.05, 0.1) is 30.3 Å². The van der Waals surface area contributed by atoms with Gasteiger partial charge in [-0.3, -0.25) is 14.4 Å². The topological polar surface area (TPSA) is 228 Å². The van der Waals surface area contributed by atoms with E-state index in [1.165, 1.54) is 32.4 Å². The molecule has 0 spiro atoms. The zero-order valence-corrected chi connectivity index (χ0v) is 33.9. The van der Waals surface area contributed by atoms with Crippen molar-refractivity contribution >= 4 is 11.7 Å². The minimum absolute atomic E-state index is 0.0817. The van der Waals surface area contributed by atoms with Gasteiger partial charge >= 0.3 is 0 Å². The number of allylic oxidation sites excluding steroid dienone is 10. The molecule has 0 aliphatic carbocycles. The lowest BCUT2D eigenvalue weighted by molar-refractivity contribution is -0.359. The van der Waals surface area contributed by atoms with E-state index in [2.05, 4.69) is 10.3 Å². The van der Waals surface area contributed by atoms with E-state index in [1.54, 1.807) is 81.5 Å². The number of nitrogens with one attached hydrogen (secondary N) is 2. The highest BCUT2D eigenvalue weighted by Crippen LogP contribution is 2.44. The average Bonchev–Trinajstić information content (AvgIpc) is 3.45. The fourth-order valence-corrected chi connectivity index (χ4v) is 7.12. The van der Waals surface area contributed by atoms with Crippen molar-refractivity contribution in [3.05, 3.63) is 112 Å². The largest absolute Gasteiger partial charge is 0.507 e. The first-order valence-electron chi connectivity index (χ1n) is 19.1. The molecule has 11 atom stereocenters. The maximum absolute atomic E-state index is 13.3. The highest BCUT2D eigenvalue weighted by Gasteiger charge is 2.60. The second-order valence-electron chi connectivity index (χ2n) is 15.0. The third kappa shape index (κ3) is 11.0. The molecule has 314 valence electrons. The molecule has 2 saturated heterocycles. The molecule has 14 nitrogen and oxygen atoms in total. The molecule has 3 rings (SSSR count). The Morgan fingerprint density at radius 2 is 1.68 bits per heavy atom. The van der Waals surface area contributed by atoms with E-state index < -0.39 is 94.9 Å². The lowest BCUT2D eigenvalue weighted by Crippen LogP contribution is -2.69. The van der Waals surface area contributed by atoms with Crippen molar-refractivity contribution in [3.8, 4) is 5.75 Å². The quantitative estimate of drug-likeness (QED) is 0.0647. The Morgan fingerprint density at radius 1 is 1.00 bits per heavy atom. The zero-order chi connectivity index (χ0) is 42.7. The molecule has 0 bridgehead atoms. The number of aromatic nitrogens is 1. The van der Waals surface area contributed by atoms with E-state index >= 15 is 0 Å². The molecule has 0 aromatic carbocycles. The van der Waals surface area contributed by atoms with Crippen LogP contribution in [0.3, 0.4) is 0 Å². The Kier molecular flexibility index (Phi) is 17.3. The number of methoxy groups -OCH3 is 1. The first-order valence-corrected chi connectivity index (χ1v) is 19.1. The number of aliphatic hydroxyl groups is 5. The van der Waals surface area contributed by atoms with E-state index in [1.807, 2.05) is 26.8 Å². The molecule has 0 saturated carbocycles. The number of carbonyl (C=O) groups is 2.